The second-order valence-corrected chi connectivity index (χ2v) is 4.84. The Morgan fingerprint density at radius 3 is 2.00 bits per heavy atom. The Balaban J connectivity index is 2.36. The molecule has 0 heterocycles. The molecule has 0 atom stereocenters. The van der Waals surface area contributed by atoms with Crippen LogP contribution in [0.5, 0.6) is 0 Å². The summed E-state index contributed by atoms with van der Waals surface area (Å²) in [4.78, 5) is 0. The third-order valence-corrected chi connectivity index (χ3v) is 3.19. The van der Waals surface area contributed by atoms with Gasteiger partial charge in [0.15, 0.2) is 0 Å². The van der Waals surface area contributed by atoms with Crippen LogP contribution in [0.2, 0.25) is 0 Å². The zero-order valence-corrected chi connectivity index (χ0v) is 11.1. The molecular formula is C13H16BrF3. The van der Waals surface area contributed by atoms with E-state index in [0.717, 1.165) is 48.7 Å². The summed E-state index contributed by atoms with van der Waals surface area (Å²) in [6, 6.07) is 5.47. The van der Waals surface area contributed by atoms with E-state index in [1.165, 1.54) is 6.42 Å². The van der Waals surface area contributed by atoms with Gasteiger partial charge >= 0.3 is 6.18 Å². The lowest BCUT2D eigenvalue weighted by atomic mass is 10.0. The summed E-state index contributed by atoms with van der Waals surface area (Å²) in [5, 5.41) is 1.02. The molecule has 0 radical (unpaired) electrons. The first kappa shape index (κ1) is 14.6. The fourth-order valence-electron chi connectivity index (χ4n) is 1.64. The van der Waals surface area contributed by atoms with Gasteiger partial charge in [-0.2, -0.15) is 13.2 Å². The molecule has 0 aliphatic carbocycles. The molecule has 0 fully saturated rings. The first-order chi connectivity index (χ1) is 8.04. The zero-order valence-electron chi connectivity index (χ0n) is 9.56. The standard InChI is InChI=1S/C13H16BrF3/c14-10-4-2-1-3-5-11-6-8-12(9-7-11)13(15,16)17/h6-9H,1-5,10H2. The molecule has 0 saturated heterocycles. The number of benzene rings is 1. The average molecular weight is 309 g/mol. The molecule has 17 heavy (non-hydrogen) atoms. The topological polar surface area (TPSA) is 0 Å². The van der Waals surface area contributed by atoms with Crippen molar-refractivity contribution in [2.45, 2.75) is 38.3 Å². The first-order valence-electron chi connectivity index (χ1n) is 5.76. The van der Waals surface area contributed by atoms with E-state index in [1.54, 1.807) is 12.1 Å². The normalized spacial score (nSPS) is 11.8. The highest BCUT2D eigenvalue weighted by Gasteiger charge is 2.29. The second kappa shape index (κ2) is 7.04. The monoisotopic (exact) mass is 308 g/mol. The largest absolute Gasteiger partial charge is 0.416 e. The Bertz CT molecular complexity index is 316. The van der Waals surface area contributed by atoms with Crippen LogP contribution in [0, 0.1) is 0 Å². The van der Waals surface area contributed by atoms with Crippen molar-refractivity contribution < 1.29 is 13.2 Å². The number of hydrogen-bond acceptors (Lipinski definition) is 0. The molecule has 1 aromatic rings. The molecule has 1 rings (SSSR count). The quantitative estimate of drug-likeness (QED) is 0.500. The van der Waals surface area contributed by atoms with E-state index < -0.39 is 11.7 Å². The summed E-state index contributed by atoms with van der Waals surface area (Å²) in [5.74, 6) is 0. The van der Waals surface area contributed by atoms with Gasteiger partial charge in [-0.25, -0.2) is 0 Å². The van der Waals surface area contributed by atoms with Gasteiger partial charge in [0.05, 0.1) is 5.56 Å². The fraction of sp³-hybridized carbons (Fsp3) is 0.538. The third kappa shape index (κ3) is 5.57. The van der Waals surface area contributed by atoms with Crippen molar-refractivity contribution in [3.63, 3.8) is 0 Å². The molecule has 0 amide bonds. The van der Waals surface area contributed by atoms with E-state index in [-0.39, 0.29) is 0 Å². The number of unbranched alkanes of at least 4 members (excludes halogenated alkanes) is 3. The number of alkyl halides is 4. The van der Waals surface area contributed by atoms with Crippen molar-refractivity contribution >= 4 is 15.9 Å². The fourth-order valence-corrected chi connectivity index (χ4v) is 2.03. The summed E-state index contributed by atoms with van der Waals surface area (Å²) >= 11 is 3.37. The highest BCUT2D eigenvalue weighted by molar-refractivity contribution is 9.09. The summed E-state index contributed by atoms with van der Waals surface area (Å²) in [6.45, 7) is 0. The highest BCUT2D eigenvalue weighted by Crippen LogP contribution is 2.29. The molecule has 0 bridgehead atoms. The molecular weight excluding hydrogens is 293 g/mol. The van der Waals surface area contributed by atoms with Gasteiger partial charge in [0, 0.05) is 5.33 Å². The van der Waals surface area contributed by atoms with Crippen LogP contribution in [0.3, 0.4) is 0 Å². The Kier molecular flexibility index (Phi) is 6.03. The van der Waals surface area contributed by atoms with Crippen LogP contribution < -0.4 is 0 Å². The molecule has 0 unspecified atom stereocenters. The van der Waals surface area contributed by atoms with Crippen molar-refractivity contribution in [2.75, 3.05) is 5.33 Å². The van der Waals surface area contributed by atoms with Crippen molar-refractivity contribution in [1.82, 2.24) is 0 Å². The lowest BCUT2D eigenvalue weighted by Crippen LogP contribution is -2.04. The SMILES string of the molecule is FC(F)(F)c1ccc(CCCCCCBr)cc1. The molecule has 0 aliphatic heterocycles. The molecule has 0 N–H and O–H groups in total. The van der Waals surface area contributed by atoms with Crippen molar-refractivity contribution in [1.29, 1.82) is 0 Å². The van der Waals surface area contributed by atoms with Crippen LogP contribution in [-0.4, -0.2) is 5.33 Å². The van der Waals surface area contributed by atoms with Crippen LogP contribution in [0.25, 0.3) is 0 Å². The van der Waals surface area contributed by atoms with Crippen molar-refractivity contribution in [3.05, 3.63) is 35.4 Å². The van der Waals surface area contributed by atoms with E-state index in [0.29, 0.717) is 0 Å². The zero-order chi connectivity index (χ0) is 12.7. The van der Waals surface area contributed by atoms with Crippen LogP contribution in [0.4, 0.5) is 13.2 Å². The molecule has 1 aromatic carbocycles. The number of aryl methyl sites for hydroxylation is 1. The van der Waals surface area contributed by atoms with Crippen LogP contribution in [0.1, 0.15) is 36.8 Å². The van der Waals surface area contributed by atoms with Crippen LogP contribution in [-0.2, 0) is 12.6 Å². The van der Waals surface area contributed by atoms with Gasteiger partial charge in [-0.15, -0.1) is 0 Å². The maximum atomic E-state index is 12.3. The second-order valence-electron chi connectivity index (χ2n) is 4.05. The Morgan fingerprint density at radius 2 is 1.47 bits per heavy atom. The van der Waals surface area contributed by atoms with Crippen molar-refractivity contribution in [3.8, 4) is 0 Å². The molecule has 96 valence electrons. The average Bonchev–Trinajstić information content (AvgIpc) is 2.28. The molecule has 0 spiro atoms. The lowest BCUT2D eigenvalue weighted by Gasteiger charge is -2.07. The van der Waals surface area contributed by atoms with E-state index in [2.05, 4.69) is 15.9 Å². The molecule has 4 heteroatoms. The van der Waals surface area contributed by atoms with E-state index in [4.69, 9.17) is 0 Å². The summed E-state index contributed by atoms with van der Waals surface area (Å²) in [7, 11) is 0. The molecule has 0 aromatic heterocycles. The van der Waals surface area contributed by atoms with Gasteiger partial charge in [0.25, 0.3) is 0 Å². The summed E-state index contributed by atoms with van der Waals surface area (Å²) < 4.78 is 36.9. The molecule has 0 aliphatic rings. The van der Waals surface area contributed by atoms with Crippen LogP contribution >= 0.6 is 15.9 Å². The predicted molar refractivity (Wildman–Crippen MR) is 67.4 cm³/mol. The number of rotatable bonds is 6. The van der Waals surface area contributed by atoms with Gasteiger partial charge in [0.2, 0.25) is 0 Å². The van der Waals surface area contributed by atoms with E-state index in [1.807, 2.05) is 0 Å². The minimum Gasteiger partial charge on any atom is -0.166 e. The maximum absolute atomic E-state index is 12.3. The van der Waals surface area contributed by atoms with E-state index >= 15 is 0 Å². The number of halogens is 4. The third-order valence-electron chi connectivity index (χ3n) is 2.63. The Hall–Kier alpha value is -0.510. The minimum absolute atomic E-state index is 0.569. The summed E-state index contributed by atoms with van der Waals surface area (Å²) in [5.41, 5.74) is 0.414. The highest BCUT2D eigenvalue weighted by atomic mass is 79.9. The lowest BCUT2D eigenvalue weighted by molar-refractivity contribution is -0.137. The van der Waals surface area contributed by atoms with Gasteiger partial charge in [-0.1, -0.05) is 40.9 Å². The smallest absolute Gasteiger partial charge is 0.166 e. The Morgan fingerprint density at radius 1 is 0.882 bits per heavy atom. The van der Waals surface area contributed by atoms with Gasteiger partial charge in [-0.05, 0) is 37.0 Å². The summed E-state index contributed by atoms with van der Waals surface area (Å²) in [6.07, 6.45) is 1.14. The van der Waals surface area contributed by atoms with E-state index in [9.17, 15) is 13.2 Å². The van der Waals surface area contributed by atoms with Crippen molar-refractivity contribution in [2.24, 2.45) is 0 Å². The maximum Gasteiger partial charge on any atom is 0.416 e. The van der Waals surface area contributed by atoms with Gasteiger partial charge in [0.1, 0.15) is 0 Å². The first-order valence-corrected chi connectivity index (χ1v) is 6.88. The molecule has 0 nitrogen and oxygen atoms in total. The number of hydrogen-bond donors (Lipinski definition) is 0. The predicted octanol–water partition coefficient (Wildman–Crippen LogP) is 5.20. The van der Waals surface area contributed by atoms with Crippen LogP contribution in [0.15, 0.2) is 24.3 Å². The van der Waals surface area contributed by atoms with Gasteiger partial charge < -0.3 is 0 Å². The molecule has 0 saturated carbocycles. The Labute approximate surface area is 108 Å². The minimum atomic E-state index is -4.23. The van der Waals surface area contributed by atoms with Gasteiger partial charge in [-0.3, -0.25) is 0 Å².